The van der Waals surface area contributed by atoms with Crippen molar-refractivity contribution in [2.24, 2.45) is 11.7 Å². The van der Waals surface area contributed by atoms with Gasteiger partial charge in [0.15, 0.2) is 0 Å². The van der Waals surface area contributed by atoms with Crippen LogP contribution in [0.1, 0.15) is 42.5 Å². The molecule has 1 aliphatic heterocycles. The lowest BCUT2D eigenvalue weighted by Crippen LogP contribution is -2.39. The van der Waals surface area contributed by atoms with E-state index in [-0.39, 0.29) is 5.91 Å². The maximum Gasteiger partial charge on any atom is 0.255 e. The third-order valence-corrected chi connectivity index (χ3v) is 5.33. The van der Waals surface area contributed by atoms with Gasteiger partial charge in [-0.2, -0.15) is 0 Å². The van der Waals surface area contributed by atoms with Crippen LogP contribution in [-0.4, -0.2) is 50.6 Å². The number of likely N-dealkylation sites (tertiary alicyclic amines) is 1. The number of nitrogen functional groups attached to an aromatic ring is 1. The summed E-state index contributed by atoms with van der Waals surface area (Å²) >= 11 is 6.04. The summed E-state index contributed by atoms with van der Waals surface area (Å²) in [5, 5.41) is 3.37. The highest BCUT2D eigenvalue weighted by Crippen LogP contribution is 2.29. The van der Waals surface area contributed by atoms with Gasteiger partial charge < -0.3 is 26.4 Å². The first-order valence-corrected chi connectivity index (χ1v) is 9.76. The monoisotopic (exact) mass is 382 g/mol. The quantitative estimate of drug-likeness (QED) is 0.450. The van der Waals surface area contributed by atoms with Crippen LogP contribution < -0.4 is 21.5 Å². The van der Waals surface area contributed by atoms with Crippen LogP contribution in [0.3, 0.4) is 0 Å². The van der Waals surface area contributed by atoms with E-state index in [2.05, 4.69) is 10.2 Å². The molecule has 146 valence electrons. The van der Waals surface area contributed by atoms with Crippen LogP contribution in [0.25, 0.3) is 0 Å². The zero-order valence-electron chi connectivity index (χ0n) is 15.6. The first kappa shape index (κ1) is 20.8. The number of nitrogens with one attached hydrogen (secondary N) is 1. The normalized spacial score (nSPS) is 15.8. The highest BCUT2D eigenvalue weighted by molar-refractivity contribution is 6.33. The van der Waals surface area contributed by atoms with Crippen LogP contribution in [0.5, 0.6) is 5.75 Å². The van der Waals surface area contributed by atoms with Gasteiger partial charge in [0.25, 0.3) is 5.91 Å². The Morgan fingerprint density at radius 1 is 1.31 bits per heavy atom. The molecule has 1 aliphatic rings. The Kier molecular flexibility index (Phi) is 8.48. The SMILES string of the molecule is COc1cc(N)c(Cl)cc1C(=O)NCC1CCN(CCCCCN)CC1. The molecule has 0 bridgehead atoms. The molecule has 1 amide bonds. The molecule has 0 atom stereocenters. The number of piperidine rings is 1. The van der Waals surface area contributed by atoms with E-state index < -0.39 is 0 Å². The number of hydrogen-bond acceptors (Lipinski definition) is 5. The Morgan fingerprint density at radius 2 is 2.04 bits per heavy atom. The van der Waals surface area contributed by atoms with Crippen molar-refractivity contribution < 1.29 is 9.53 Å². The van der Waals surface area contributed by atoms with E-state index in [1.807, 2.05) is 0 Å². The Hall–Kier alpha value is -1.50. The van der Waals surface area contributed by atoms with Crippen LogP contribution in [0.4, 0.5) is 5.69 Å². The minimum atomic E-state index is -0.173. The molecule has 0 spiro atoms. The molecule has 1 aromatic carbocycles. The van der Waals surface area contributed by atoms with Crippen molar-refractivity contribution in [1.82, 2.24) is 10.2 Å². The number of benzene rings is 1. The van der Waals surface area contributed by atoms with Crippen LogP contribution in [-0.2, 0) is 0 Å². The molecule has 1 aromatic rings. The number of hydrogen-bond donors (Lipinski definition) is 3. The largest absolute Gasteiger partial charge is 0.496 e. The van der Waals surface area contributed by atoms with E-state index in [1.165, 1.54) is 20.0 Å². The standard InChI is InChI=1S/C19H31ClN4O2/c1-26-18-12-17(22)16(20)11-15(18)19(25)23-13-14-5-9-24(10-6-14)8-4-2-3-7-21/h11-12,14H,2-10,13,21-22H2,1H3,(H,23,25). The summed E-state index contributed by atoms with van der Waals surface area (Å²) in [7, 11) is 1.52. The predicted octanol–water partition coefficient (Wildman–Crippen LogP) is 2.50. The Labute approximate surface area is 161 Å². The van der Waals surface area contributed by atoms with Crippen molar-refractivity contribution >= 4 is 23.2 Å². The van der Waals surface area contributed by atoms with Crippen molar-refractivity contribution in [1.29, 1.82) is 0 Å². The fraction of sp³-hybridized carbons (Fsp3) is 0.632. The molecule has 1 heterocycles. The number of unbranched alkanes of at least 4 members (excludes halogenated alkanes) is 2. The van der Waals surface area contributed by atoms with Gasteiger partial charge in [0.2, 0.25) is 0 Å². The molecule has 7 heteroatoms. The molecule has 0 saturated carbocycles. The van der Waals surface area contributed by atoms with Gasteiger partial charge in [-0.25, -0.2) is 0 Å². The van der Waals surface area contributed by atoms with E-state index >= 15 is 0 Å². The summed E-state index contributed by atoms with van der Waals surface area (Å²) in [5.74, 6) is 0.777. The van der Waals surface area contributed by atoms with Crippen molar-refractivity contribution in [2.45, 2.75) is 32.1 Å². The Balaban J connectivity index is 1.76. The van der Waals surface area contributed by atoms with Gasteiger partial charge in [0, 0.05) is 12.6 Å². The first-order chi connectivity index (χ1) is 12.5. The van der Waals surface area contributed by atoms with Crippen molar-refractivity contribution in [3.05, 3.63) is 22.7 Å². The molecule has 0 radical (unpaired) electrons. The maximum absolute atomic E-state index is 12.5. The molecule has 0 aromatic heterocycles. The van der Waals surface area contributed by atoms with Crippen LogP contribution in [0.2, 0.25) is 5.02 Å². The number of nitrogens with zero attached hydrogens (tertiary/aromatic N) is 1. The third kappa shape index (κ3) is 6.04. The van der Waals surface area contributed by atoms with Crippen LogP contribution >= 0.6 is 11.6 Å². The number of nitrogens with two attached hydrogens (primary N) is 2. The summed E-state index contributed by atoms with van der Waals surface area (Å²) < 4.78 is 5.25. The van der Waals surface area contributed by atoms with Crippen LogP contribution in [0, 0.1) is 5.92 Å². The zero-order chi connectivity index (χ0) is 18.9. The van der Waals surface area contributed by atoms with Crippen molar-refractivity contribution in [3.63, 3.8) is 0 Å². The molecule has 5 N–H and O–H groups in total. The van der Waals surface area contributed by atoms with Gasteiger partial charge >= 0.3 is 0 Å². The minimum absolute atomic E-state index is 0.173. The summed E-state index contributed by atoms with van der Waals surface area (Å²) in [6.45, 7) is 4.80. The molecule has 0 unspecified atom stereocenters. The van der Waals surface area contributed by atoms with Gasteiger partial charge in [-0.1, -0.05) is 18.0 Å². The molecule has 2 rings (SSSR count). The average molecular weight is 383 g/mol. The number of carbonyl (C=O) groups excluding carboxylic acids is 1. The molecule has 26 heavy (non-hydrogen) atoms. The summed E-state index contributed by atoms with van der Waals surface area (Å²) in [5.41, 5.74) is 12.1. The third-order valence-electron chi connectivity index (χ3n) is 5.00. The van der Waals surface area contributed by atoms with Gasteiger partial charge in [0.1, 0.15) is 5.75 Å². The second-order valence-electron chi connectivity index (χ2n) is 6.92. The van der Waals surface area contributed by atoms with Gasteiger partial charge in [-0.05, 0) is 63.8 Å². The number of ether oxygens (including phenoxy) is 1. The van der Waals surface area contributed by atoms with Crippen molar-refractivity contribution in [2.75, 3.05) is 45.6 Å². The summed E-state index contributed by atoms with van der Waals surface area (Å²) in [4.78, 5) is 15.0. The fourth-order valence-electron chi connectivity index (χ4n) is 3.32. The number of anilines is 1. The number of methoxy groups -OCH3 is 1. The van der Waals surface area contributed by atoms with E-state index in [0.717, 1.165) is 45.4 Å². The van der Waals surface area contributed by atoms with Gasteiger partial charge in [-0.15, -0.1) is 0 Å². The van der Waals surface area contributed by atoms with E-state index in [1.54, 1.807) is 12.1 Å². The lowest BCUT2D eigenvalue weighted by molar-refractivity contribution is 0.0933. The zero-order valence-corrected chi connectivity index (χ0v) is 16.4. The van der Waals surface area contributed by atoms with Crippen LogP contribution in [0.15, 0.2) is 12.1 Å². The highest BCUT2D eigenvalue weighted by atomic mass is 35.5. The van der Waals surface area contributed by atoms with E-state index in [0.29, 0.717) is 34.5 Å². The predicted molar refractivity (Wildman–Crippen MR) is 107 cm³/mol. The fourth-order valence-corrected chi connectivity index (χ4v) is 3.48. The number of amides is 1. The Bertz CT molecular complexity index is 589. The molecular formula is C19H31ClN4O2. The van der Waals surface area contributed by atoms with E-state index in [4.69, 9.17) is 27.8 Å². The van der Waals surface area contributed by atoms with E-state index in [9.17, 15) is 4.79 Å². The second kappa shape index (κ2) is 10.6. The number of halogens is 1. The lowest BCUT2D eigenvalue weighted by Gasteiger charge is -2.32. The molecule has 1 saturated heterocycles. The number of carbonyl (C=O) groups is 1. The summed E-state index contributed by atoms with van der Waals surface area (Å²) in [6, 6.07) is 3.15. The highest BCUT2D eigenvalue weighted by Gasteiger charge is 2.21. The second-order valence-corrected chi connectivity index (χ2v) is 7.33. The van der Waals surface area contributed by atoms with Gasteiger partial charge in [-0.3, -0.25) is 4.79 Å². The smallest absolute Gasteiger partial charge is 0.255 e. The molecule has 0 aliphatic carbocycles. The minimum Gasteiger partial charge on any atom is -0.496 e. The topological polar surface area (TPSA) is 93.6 Å². The number of rotatable bonds is 9. The van der Waals surface area contributed by atoms with Crippen molar-refractivity contribution in [3.8, 4) is 5.75 Å². The summed E-state index contributed by atoms with van der Waals surface area (Å²) in [6.07, 6.45) is 5.75. The molecule has 1 fully saturated rings. The average Bonchev–Trinajstić information content (AvgIpc) is 2.66. The lowest BCUT2D eigenvalue weighted by atomic mass is 9.96. The first-order valence-electron chi connectivity index (χ1n) is 9.38. The van der Waals surface area contributed by atoms with Gasteiger partial charge in [0.05, 0.1) is 23.4 Å². The maximum atomic E-state index is 12.5. The molecule has 6 nitrogen and oxygen atoms in total. The molecular weight excluding hydrogens is 352 g/mol. The Morgan fingerprint density at radius 3 is 2.69 bits per heavy atom.